The molecule has 0 saturated carbocycles. The minimum Gasteiger partial charge on any atom is -0.343 e. The van der Waals surface area contributed by atoms with Crippen molar-refractivity contribution in [2.75, 3.05) is 6.54 Å². The molecule has 0 aromatic heterocycles. The predicted octanol–water partition coefficient (Wildman–Crippen LogP) is 0.135. The molecule has 4 heteroatoms. The van der Waals surface area contributed by atoms with Gasteiger partial charge in [0, 0.05) is 0 Å². The quantitative estimate of drug-likeness (QED) is 0.670. The van der Waals surface area contributed by atoms with Crippen LogP contribution >= 0.6 is 0 Å². The third-order valence-corrected chi connectivity index (χ3v) is 2.58. The number of carbonyl (C=O) groups excluding carboxylic acids is 2. The average molecular weight is 208 g/mol. The average Bonchev–Trinajstić information content (AvgIpc) is 2.21. The molecule has 0 aromatic rings. The summed E-state index contributed by atoms with van der Waals surface area (Å²) in [4.78, 5) is 24.9. The molecule has 0 aromatic carbocycles. The Labute approximate surface area is 90.0 Å². The van der Waals surface area contributed by atoms with Gasteiger partial charge in [0.25, 0.3) is 0 Å². The van der Waals surface area contributed by atoms with E-state index in [1.54, 1.807) is 6.92 Å². The zero-order valence-corrected chi connectivity index (χ0v) is 9.12. The third kappa shape index (κ3) is 2.30. The van der Waals surface area contributed by atoms with Crippen LogP contribution in [0.3, 0.4) is 0 Å². The Balaban J connectivity index is 2.80. The number of amides is 2. The molecule has 0 spiro atoms. The lowest BCUT2D eigenvalue weighted by atomic mass is 10.0. The lowest BCUT2D eigenvalue weighted by Crippen LogP contribution is -2.62. The summed E-state index contributed by atoms with van der Waals surface area (Å²) in [5, 5.41) is 2.71. The highest BCUT2D eigenvalue weighted by atomic mass is 16.2. The zero-order chi connectivity index (χ0) is 11.4. The Hall–Kier alpha value is -1.50. The number of carbonyl (C=O) groups is 2. The van der Waals surface area contributed by atoms with Crippen molar-refractivity contribution in [2.45, 2.75) is 38.8 Å². The maximum atomic E-state index is 11.9. The molecule has 2 unspecified atom stereocenters. The first-order valence-corrected chi connectivity index (χ1v) is 5.16. The van der Waals surface area contributed by atoms with Gasteiger partial charge >= 0.3 is 0 Å². The van der Waals surface area contributed by atoms with Crippen LogP contribution in [-0.4, -0.2) is 35.3 Å². The molecule has 2 atom stereocenters. The van der Waals surface area contributed by atoms with E-state index in [-0.39, 0.29) is 18.4 Å². The molecule has 0 aliphatic carbocycles. The maximum Gasteiger partial charge on any atom is 0.246 e. The van der Waals surface area contributed by atoms with Gasteiger partial charge in [-0.2, -0.15) is 0 Å². The SMILES string of the molecule is C#CCN1C(=O)C(CCC)NC(=O)C1C. The second-order valence-corrected chi connectivity index (χ2v) is 3.70. The van der Waals surface area contributed by atoms with E-state index in [1.165, 1.54) is 4.90 Å². The van der Waals surface area contributed by atoms with Gasteiger partial charge in [0.05, 0.1) is 6.54 Å². The molecule has 1 saturated heterocycles. The van der Waals surface area contributed by atoms with Gasteiger partial charge in [0.1, 0.15) is 12.1 Å². The van der Waals surface area contributed by atoms with Crippen LogP contribution in [0.2, 0.25) is 0 Å². The summed E-state index contributed by atoms with van der Waals surface area (Å²) < 4.78 is 0. The van der Waals surface area contributed by atoms with Crippen molar-refractivity contribution >= 4 is 11.8 Å². The van der Waals surface area contributed by atoms with Gasteiger partial charge in [0.2, 0.25) is 11.8 Å². The van der Waals surface area contributed by atoms with Crippen LogP contribution in [0.4, 0.5) is 0 Å². The first-order chi connectivity index (χ1) is 7.11. The van der Waals surface area contributed by atoms with Crippen molar-refractivity contribution < 1.29 is 9.59 Å². The normalized spacial score (nSPS) is 26.1. The van der Waals surface area contributed by atoms with Crippen LogP contribution in [0.15, 0.2) is 0 Å². The molecule has 0 bridgehead atoms. The second-order valence-electron chi connectivity index (χ2n) is 3.70. The number of nitrogens with one attached hydrogen (secondary N) is 1. The molecule has 1 heterocycles. The Morgan fingerprint density at radius 1 is 1.53 bits per heavy atom. The molecular weight excluding hydrogens is 192 g/mol. The number of rotatable bonds is 3. The van der Waals surface area contributed by atoms with Gasteiger partial charge in [-0.1, -0.05) is 19.3 Å². The van der Waals surface area contributed by atoms with Gasteiger partial charge in [-0.05, 0) is 13.3 Å². The highest BCUT2D eigenvalue weighted by Gasteiger charge is 2.36. The highest BCUT2D eigenvalue weighted by Crippen LogP contribution is 2.12. The van der Waals surface area contributed by atoms with Crippen molar-refractivity contribution in [3.63, 3.8) is 0 Å². The maximum absolute atomic E-state index is 11.9. The first-order valence-electron chi connectivity index (χ1n) is 5.16. The van der Waals surface area contributed by atoms with Crippen molar-refractivity contribution in [3.05, 3.63) is 0 Å². The fourth-order valence-corrected chi connectivity index (χ4v) is 1.68. The topological polar surface area (TPSA) is 49.4 Å². The summed E-state index contributed by atoms with van der Waals surface area (Å²) in [6, 6.07) is -0.853. The fourth-order valence-electron chi connectivity index (χ4n) is 1.68. The van der Waals surface area contributed by atoms with Crippen molar-refractivity contribution in [3.8, 4) is 12.3 Å². The molecule has 1 rings (SSSR count). The molecule has 1 fully saturated rings. The minimum atomic E-state index is -0.457. The van der Waals surface area contributed by atoms with E-state index in [0.29, 0.717) is 6.42 Å². The van der Waals surface area contributed by atoms with E-state index in [0.717, 1.165) is 6.42 Å². The van der Waals surface area contributed by atoms with Crippen LogP contribution in [0.1, 0.15) is 26.7 Å². The number of piperazine rings is 1. The zero-order valence-electron chi connectivity index (χ0n) is 9.12. The Morgan fingerprint density at radius 3 is 2.73 bits per heavy atom. The molecule has 1 aliphatic rings. The smallest absolute Gasteiger partial charge is 0.246 e. The summed E-state index contributed by atoms with van der Waals surface area (Å²) in [5.74, 6) is 2.22. The largest absolute Gasteiger partial charge is 0.343 e. The standard InChI is InChI=1S/C11H16N2O2/c1-4-6-9-11(15)13(7-5-2)8(3)10(14)12-9/h2,8-9H,4,6-7H2,1,3H3,(H,12,14). The molecule has 82 valence electrons. The molecule has 1 aliphatic heterocycles. The van der Waals surface area contributed by atoms with E-state index in [9.17, 15) is 9.59 Å². The van der Waals surface area contributed by atoms with Crippen LogP contribution < -0.4 is 5.32 Å². The van der Waals surface area contributed by atoms with Gasteiger partial charge in [0.15, 0.2) is 0 Å². The molecule has 4 nitrogen and oxygen atoms in total. The number of nitrogens with zero attached hydrogens (tertiary/aromatic N) is 1. The van der Waals surface area contributed by atoms with Crippen molar-refractivity contribution in [1.29, 1.82) is 0 Å². The van der Waals surface area contributed by atoms with Gasteiger partial charge in [-0.3, -0.25) is 9.59 Å². The number of hydrogen-bond acceptors (Lipinski definition) is 2. The monoisotopic (exact) mass is 208 g/mol. The predicted molar refractivity (Wildman–Crippen MR) is 56.8 cm³/mol. The minimum absolute atomic E-state index is 0.0677. The molecule has 1 N–H and O–H groups in total. The first kappa shape index (κ1) is 11.6. The summed E-state index contributed by atoms with van der Waals surface area (Å²) in [7, 11) is 0. The van der Waals surface area contributed by atoms with E-state index in [2.05, 4.69) is 11.2 Å². The number of terminal acetylenes is 1. The summed E-state index contributed by atoms with van der Waals surface area (Å²) in [6.45, 7) is 3.86. The van der Waals surface area contributed by atoms with Crippen LogP contribution in [0, 0.1) is 12.3 Å². The Kier molecular flexibility index (Phi) is 3.73. The van der Waals surface area contributed by atoms with Gasteiger partial charge in [-0.15, -0.1) is 6.42 Å². The lowest BCUT2D eigenvalue weighted by molar-refractivity contribution is -0.148. The van der Waals surface area contributed by atoms with Crippen LogP contribution in [0.25, 0.3) is 0 Å². The van der Waals surface area contributed by atoms with Gasteiger partial charge < -0.3 is 10.2 Å². The van der Waals surface area contributed by atoms with Crippen molar-refractivity contribution in [1.82, 2.24) is 10.2 Å². The van der Waals surface area contributed by atoms with E-state index >= 15 is 0 Å². The van der Waals surface area contributed by atoms with E-state index in [1.807, 2.05) is 6.92 Å². The summed E-state index contributed by atoms with van der Waals surface area (Å²) in [6.07, 6.45) is 6.69. The highest BCUT2D eigenvalue weighted by molar-refractivity contribution is 5.96. The van der Waals surface area contributed by atoms with Gasteiger partial charge in [-0.25, -0.2) is 0 Å². The van der Waals surface area contributed by atoms with E-state index in [4.69, 9.17) is 6.42 Å². The number of hydrogen-bond donors (Lipinski definition) is 1. The fraction of sp³-hybridized carbons (Fsp3) is 0.636. The van der Waals surface area contributed by atoms with Crippen LogP contribution in [-0.2, 0) is 9.59 Å². The summed E-state index contributed by atoms with van der Waals surface area (Å²) in [5.41, 5.74) is 0. The third-order valence-electron chi connectivity index (χ3n) is 2.58. The second kappa shape index (κ2) is 4.83. The van der Waals surface area contributed by atoms with Crippen LogP contribution in [0.5, 0.6) is 0 Å². The lowest BCUT2D eigenvalue weighted by Gasteiger charge is -2.36. The van der Waals surface area contributed by atoms with E-state index < -0.39 is 12.1 Å². The molecule has 2 amide bonds. The Morgan fingerprint density at radius 2 is 2.20 bits per heavy atom. The molecular formula is C11H16N2O2. The Bertz CT molecular complexity index is 306. The molecule has 15 heavy (non-hydrogen) atoms. The summed E-state index contributed by atoms with van der Waals surface area (Å²) >= 11 is 0. The molecule has 0 radical (unpaired) electrons. The van der Waals surface area contributed by atoms with Crippen molar-refractivity contribution in [2.24, 2.45) is 0 Å².